The van der Waals surface area contributed by atoms with Crippen molar-refractivity contribution in [1.82, 2.24) is 14.5 Å². The summed E-state index contributed by atoms with van der Waals surface area (Å²) in [6, 6.07) is 3.11. The molecule has 2 fully saturated rings. The molecule has 1 saturated carbocycles. The number of nitrogens with one attached hydrogen (secondary N) is 1. The number of nitrogens with zero attached hydrogens (tertiary/aromatic N) is 2. The highest BCUT2D eigenvalue weighted by molar-refractivity contribution is 7.89. The highest BCUT2D eigenvalue weighted by atomic mass is 32.2. The minimum atomic E-state index is -4.63. The van der Waals surface area contributed by atoms with E-state index in [4.69, 9.17) is 0 Å². The van der Waals surface area contributed by atoms with Crippen molar-refractivity contribution in [3.63, 3.8) is 0 Å². The Morgan fingerprint density at radius 1 is 1.25 bits per heavy atom. The van der Waals surface area contributed by atoms with Crippen molar-refractivity contribution < 1.29 is 36.3 Å². The molecule has 0 unspecified atom stereocenters. The lowest BCUT2D eigenvalue weighted by Crippen LogP contribution is -2.52. The molecule has 1 saturated heterocycles. The van der Waals surface area contributed by atoms with Gasteiger partial charge in [-0.2, -0.15) is 17.5 Å². The molecule has 2 N–H and O–H groups in total. The molecule has 8 nitrogen and oxygen atoms in total. The summed E-state index contributed by atoms with van der Waals surface area (Å²) in [5.74, 6) is 0.159. The zero-order valence-electron chi connectivity index (χ0n) is 20.7. The van der Waals surface area contributed by atoms with Gasteiger partial charge in [0.25, 0.3) is 0 Å². The average molecular weight is 534 g/mol. The third-order valence-electron chi connectivity index (χ3n) is 7.12. The molecule has 1 amide bonds. The van der Waals surface area contributed by atoms with Gasteiger partial charge in [-0.3, -0.25) is 4.90 Å². The Labute approximate surface area is 209 Å². The van der Waals surface area contributed by atoms with Crippen molar-refractivity contribution in [2.45, 2.75) is 75.1 Å². The van der Waals surface area contributed by atoms with Crippen LogP contribution in [0.1, 0.15) is 52.0 Å². The fourth-order valence-electron chi connectivity index (χ4n) is 5.44. The number of hydrogen-bond donors (Lipinski definition) is 2. The number of carboxylic acid groups (broad SMARTS) is 1. The van der Waals surface area contributed by atoms with Crippen LogP contribution >= 0.6 is 0 Å². The van der Waals surface area contributed by atoms with Gasteiger partial charge in [-0.05, 0) is 83.0 Å². The van der Waals surface area contributed by atoms with E-state index >= 15 is 0 Å². The molecule has 1 aliphatic carbocycles. The van der Waals surface area contributed by atoms with Crippen LogP contribution in [-0.2, 0) is 21.0 Å². The minimum Gasteiger partial charge on any atom is -0.465 e. The molecule has 4 atom stereocenters. The van der Waals surface area contributed by atoms with E-state index in [2.05, 4.69) is 5.32 Å². The average Bonchev–Trinajstić information content (AvgIpc) is 3.36. The van der Waals surface area contributed by atoms with Crippen LogP contribution in [-0.4, -0.2) is 72.4 Å². The van der Waals surface area contributed by atoms with Gasteiger partial charge in [0.2, 0.25) is 10.0 Å². The first-order valence-corrected chi connectivity index (χ1v) is 13.5. The van der Waals surface area contributed by atoms with Gasteiger partial charge >= 0.3 is 12.3 Å². The zero-order valence-corrected chi connectivity index (χ0v) is 21.5. The minimum absolute atomic E-state index is 0.0394. The van der Waals surface area contributed by atoms with Crippen LogP contribution in [0.3, 0.4) is 0 Å². The van der Waals surface area contributed by atoms with Crippen LogP contribution < -0.4 is 5.32 Å². The topological polar surface area (TPSA) is 107 Å². The maximum atomic E-state index is 13.1. The number of fused-ring (bicyclic) bond motifs is 1. The summed E-state index contributed by atoms with van der Waals surface area (Å²) in [5.41, 5.74) is -1.72. The first-order valence-electron chi connectivity index (χ1n) is 12.0. The van der Waals surface area contributed by atoms with E-state index in [-0.39, 0.29) is 35.9 Å². The number of amides is 1. The van der Waals surface area contributed by atoms with E-state index in [0.29, 0.717) is 31.7 Å². The molecule has 202 valence electrons. The molecule has 2 aliphatic rings. The number of carbonyl (C=O) groups is 2. The standard InChI is InChI=1S/C24H34F3N3O5S/c1-23(2,3)30(22(32)33)18(15-31)7-5-11-28-21-10-9-16-13-29(14-20(16)21)36(34,35)19-8-4-6-17(12-19)24(25,26)27/h4,6,8,12,15-16,18,20-21,28H,5,7,9-11,13-14H2,1-3H3,(H,32,33)/t16-,18-,20+,21+/m0/s1. The first kappa shape index (κ1) is 28.4. The van der Waals surface area contributed by atoms with E-state index in [1.54, 1.807) is 20.8 Å². The van der Waals surface area contributed by atoms with Crippen molar-refractivity contribution in [1.29, 1.82) is 0 Å². The van der Waals surface area contributed by atoms with E-state index in [1.807, 2.05) is 0 Å². The zero-order chi connectivity index (χ0) is 26.9. The molecule has 0 bridgehead atoms. The number of aldehydes is 1. The van der Waals surface area contributed by atoms with Gasteiger partial charge < -0.3 is 15.2 Å². The summed E-state index contributed by atoms with van der Waals surface area (Å²) < 4.78 is 66.6. The maximum Gasteiger partial charge on any atom is 0.416 e. The second-order valence-electron chi connectivity index (χ2n) is 10.6. The molecule has 1 aromatic rings. The highest BCUT2D eigenvalue weighted by Crippen LogP contribution is 2.40. The summed E-state index contributed by atoms with van der Waals surface area (Å²) in [6.45, 7) is 6.23. The molecule has 3 rings (SSSR count). The number of halogens is 3. The van der Waals surface area contributed by atoms with E-state index in [1.165, 1.54) is 10.4 Å². The van der Waals surface area contributed by atoms with Gasteiger partial charge in [0.05, 0.1) is 16.5 Å². The molecule has 1 aliphatic heterocycles. The van der Waals surface area contributed by atoms with Gasteiger partial charge in [-0.1, -0.05) is 6.07 Å². The van der Waals surface area contributed by atoms with Crippen LogP contribution in [0, 0.1) is 11.8 Å². The number of carbonyl (C=O) groups excluding carboxylic acids is 1. The predicted molar refractivity (Wildman–Crippen MR) is 127 cm³/mol. The molecule has 0 radical (unpaired) electrons. The molecular formula is C24H34F3N3O5S. The van der Waals surface area contributed by atoms with Crippen molar-refractivity contribution in [3.8, 4) is 0 Å². The number of benzene rings is 1. The largest absolute Gasteiger partial charge is 0.465 e. The molecule has 1 heterocycles. The molecule has 12 heteroatoms. The monoisotopic (exact) mass is 533 g/mol. The van der Waals surface area contributed by atoms with Crippen molar-refractivity contribution in [2.24, 2.45) is 11.8 Å². The molecule has 1 aromatic carbocycles. The summed E-state index contributed by atoms with van der Waals surface area (Å²) >= 11 is 0. The van der Waals surface area contributed by atoms with Gasteiger partial charge in [0, 0.05) is 24.7 Å². The van der Waals surface area contributed by atoms with Crippen LogP contribution in [0.5, 0.6) is 0 Å². The first-order chi connectivity index (χ1) is 16.7. The lowest BCUT2D eigenvalue weighted by Gasteiger charge is -2.37. The van der Waals surface area contributed by atoms with Crippen molar-refractivity contribution in [3.05, 3.63) is 29.8 Å². The SMILES string of the molecule is CC(C)(C)N(C(=O)O)[C@H](C=O)CCCN[C@@H]1CC[C@H]2CN(S(=O)(=O)c3cccc(C(F)(F)F)c3)C[C@H]21. The second kappa shape index (κ2) is 10.7. The smallest absolute Gasteiger partial charge is 0.416 e. The quantitative estimate of drug-likeness (QED) is 0.369. The van der Waals surface area contributed by atoms with Crippen LogP contribution in [0.4, 0.5) is 18.0 Å². The number of alkyl halides is 3. The highest BCUT2D eigenvalue weighted by Gasteiger charge is 2.46. The lowest BCUT2D eigenvalue weighted by molar-refractivity contribution is -0.137. The molecule has 36 heavy (non-hydrogen) atoms. The van der Waals surface area contributed by atoms with E-state index in [9.17, 15) is 36.3 Å². The predicted octanol–water partition coefficient (Wildman–Crippen LogP) is 3.82. The normalized spacial score (nSPS) is 23.9. The fraction of sp³-hybridized carbons (Fsp3) is 0.667. The summed E-state index contributed by atoms with van der Waals surface area (Å²) in [5, 5.41) is 12.9. The Kier molecular flexibility index (Phi) is 8.41. The van der Waals surface area contributed by atoms with Crippen molar-refractivity contribution in [2.75, 3.05) is 19.6 Å². The number of sulfonamides is 1. The van der Waals surface area contributed by atoms with E-state index < -0.39 is 39.4 Å². The lowest BCUT2D eigenvalue weighted by atomic mass is 9.97. The van der Waals surface area contributed by atoms with Gasteiger partial charge in [0.1, 0.15) is 6.29 Å². The Balaban J connectivity index is 1.58. The summed E-state index contributed by atoms with van der Waals surface area (Å²) in [6.07, 6.45) is -2.55. The summed E-state index contributed by atoms with van der Waals surface area (Å²) in [4.78, 5) is 24.0. The molecular weight excluding hydrogens is 499 g/mol. The number of rotatable bonds is 9. The maximum absolute atomic E-state index is 13.1. The second-order valence-corrected chi connectivity index (χ2v) is 12.5. The fourth-order valence-corrected chi connectivity index (χ4v) is 7.02. The van der Waals surface area contributed by atoms with Crippen LogP contribution in [0.2, 0.25) is 0 Å². The van der Waals surface area contributed by atoms with Crippen LogP contribution in [0.15, 0.2) is 29.2 Å². The van der Waals surface area contributed by atoms with Gasteiger partial charge in [0.15, 0.2) is 0 Å². The molecule has 0 spiro atoms. The Bertz CT molecular complexity index is 1060. The Morgan fingerprint density at radius 2 is 1.94 bits per heavy atom. The Morgan fingerprint density at radius 3 is 2.53 bits per heavy atom. The Hall–Kier alpha value is -2.18. The van der Waals surface area contributed by atoms with E-state index in [0.717, 1.165) is 29.9 Å². The molecule has 0 aromatic heterocycles. The van der Waals surface area contributed by atoms with Crippen molar-refractivity contribution >= 4 is 22.4 Å². The third-order valence-corrected chi connectivity index (χ3v) is 8.95. The van der Waals surface area contributed by atoms with Gasteiger partial charge in [-0.25, -0.2) is 13.2 Å². The van der Waals surface area contributed by atoms with Gasteiger partial charge in [-0.15, -0.1) is 0 Å². The number of hydrogen-bond acceptors (Lipinski definition) is 5. The van der Waals surface area contributed by atoms with Crippen LogP contribution in [0.25, 0.3) is 0 Å². The third kappa shape index (κ3) is 6.20. The summed E-state index contributed by atoms with van der Waals surface area (Å²) in [7, 11) is -4.05.